The first-order chi connectivity index (χ1) is 43.0. The van der Waals surface area contributed by atoms with Crippen molar-refractivity contribution >= 4 is 44.6 Å². The summed E-state index contributed by atoms with van der Waals surface area (Å²) >= 11 is 0. The Kier molecular flexibility index (Phi) is 14.0. The quantitative estimate of drug-likeness (QED) is 0.121. The molecule has 428 valence electrons. The van der Waals surface area contributed by atoms with Crippen molar-refractivity contribution in [2.24, 2.45) is 0 Å². The monoisotopic (exact) mass is 1310 g/mol. The zero-order valence-electron chi connectivity index (χ0n) is 52.4. The van der Waals surface area contributed by atoms with Crippen molar-refractivity contribution in [1.82, 2.24) is 9.55 Å². The number of rotatable bonds is 11. The van der Waals surface area contributed by atoms with Crippen molar-refractivity contribution in [2.75, 3.05) is 9.80 Å². The largest absolute Gasteiger partial charge is 0.509 e. The first-order valence-electron chi connectivity index (χ1n) is 30.9. The van der Waals surface area contributed by atoms with E-state index in [-0.39, 0.29) is 37.5 Å². The number of anilines is 4. The Balaban J connectivity index is 0.00000743. The summed E-state index contributed by atoms with van der Waals surface area (Å²) in [6.45, 7) is 13.2. The summed E-state index contributed by atoms with van der Waals surface area (Å²) in [6.07, 6.45) is 1.69. The van der Waals surface area contributed by atoms with Gasteiger partial charge in [-0.25, -0.2) is 4.98 Å². The van der Waals surface area contributed by atoms with Crippen LogP contribution in [-0.4, -0.2) is 9.55 Å². The predicted molar refractivity (Wildman–Crippen MR) is 359 cm³/mol. The van der Waals surface area contributed by atoms with Crippen LogP contribution in [0.25, 0.3) is 94.4 Å². The molecule has 2 aromatic heterocycles. The van der Waals surface area contributed by atoms with Crippen LogP contribution in [0.2, 0.25) is 0 Å². The molecule has 11 aromatic carbocycles. The molecule has 0 saturated heterocycles. The molecule has 1 aliphatic rings. The van der Waals surface area contributed by atoms with Crippen molar-refractivity contribution in [3.05, 3.63) is 296 Å². The number of para-hydroxylation sites is 3. The van der Waals surface area contributed by atoms with Gasteiger partial charge in [-0.1, -0.05) is 264 Å². The van der Waals surface area contributed by atoms with E-state index in [1.807, 2.05) is 71.3 Å². The summed E-state index contributed by atoms with van der Waals surface area (Å²) in [6, 6.07) is 96.2. The van der Waals surface area contributed by atoms with Gasteiger partial charge in [-0.05, 0) is 103 Å². The first-order valence-corrected chi connectivity index (χ1v) is 29.4. The minimum absolute atomic E-state index is 0. The molecule has 0 saturated carbocycles. The molecule has 0 amide bonds. The predicted octanol–water partition coefficient (Wildman–Crippen LogP) is 21.9. The summed E-state index contributed by atoms with van der Waals surface area (Å²) in [5.74, 6) is 1.43. The number of ether oxygens (including phenoxy) is 1. The summed E-state index contributed by atoms with van der Waals surface area (Å²) in [5, 5.41) is 1.86. The van der Waals surface area contributed by atoms with Crippen molar-refractivity contribution in [2.45, 2.75) is 59.2 Å². The smallest absolute Gasteiger partial charge is 0.135 e. The maximum Gasteiger partial charge on any atom is 0.135 e. The van der Waals surface area contributed by atoms with Gasteiger partial charge in [0, 0.05) is 82.1 Å². The fraction of sp³-hybridized carbons (Fsp3) is 0.111. The second kappa shape index (κ2) is 23.0. The van der Waals surface area contributed by atoms with Gasteiger partial charge in [0.1, 0.15) is 5.82 Å². The van der Waals surface area contributed by atoms with Crippen molar-refractivity contribution in [1.29, 1.82) is 0 Å². The fourth-order valence-corrected chi connectivity index (χ4v) is 12.0. The number of fused-ring (bicyclic) bond motifs is 4. The van der Waals surface area contributed by atoms with Gasteiger partial charge in [0.05, 0.1) is 0 Å². The molecule has 14 rings (SSSR count). The third kappa shape index (κ3) is 10.9. The van der Waals surface area contributed by atoms with Gasteiger partial charge in [-0.3, -0.25) is 0 Å². The molecule has 0 spiro atoms. The number of pyridine rings is 1. The topological polar surface area (TPSA) is 33.5 Å². The summed E-state index contributed by atoms with van der Waals surface area (Å²) in [7, 11) is 0. The van der Waals surface area contributed by atoms with E-state index in [2.05, 4.69) is 252 Å². The van der Waals surface area contributed by atoms with Crippen LogP contribution >= 0.6 is 0 Å². The molecule has 1 aliphatic heterocycles. The van der Waals surface area contributed by atoms with Gasteiger partial charge in [0.2, 0.25) is 0 Å². The molecular formula is C81H65N4OPt-3. The zero-order chi connectivity index (χ0) is 61.2. The Labute approximate surface area is 530 Å². The third-order valence-electron chi connectivity index (χ3n) is 16.6. The van der Waals surface area contributed by atoms with Crippen LogP contribution in [0.4, 0.5) is 22.7 Å². The molecule has 87 heavy (non-hydrogen) atoms. The number of nitrogens with zero attached hydrogens (tertiary/aromatic N) is 4. The number of benzene rings is 11. The first kappa shape index (κ1) is 53.0. The van der Waals surface area contributed by atoms with Crippen LogP contribution in [0.5, 0.6) is 11.5 Å². The molecule has 0 atom stereocenters. The van der Waals surface area contributed by atoms with E-state index >= 15 is 0 Å². The van der Waals surface area contributed by atoms with E-state index in [1.54, 1.807) is 12.3 Å². The average Bonchev–Trinajstić information content (AvgIpc) is 1.57. The molecule has 0 fully saturated rings. The normalized spacial score (nSPS) is 13.0. The number of hydrogen-bond donors (Lipinski definition) is 0. The van der Waals surface area contributed by atoms with Crippen LogP contribution in [0.15, 0.2) is 261 Å². The fourth-order valence-electron chi connectivity index (χ4n) is 12.0. The van der Waals surface area contributed by atoms with E-state index in [0.29, 0.717) is 28.4 Å². The van der Waals surface area contributed by atoms with Crippen molar-refractivity contribution < 1.29 is 29.9 Å². The maximum absolute atomic E-state index is 8.86. The standard InChI is InChI=1S/C81H65N4O.Pt/c1-54-44-78(82-52-72(54)58-30-18-11-19-31-58)85-73-43-40-61(56-26-14-9-15-27-56)46-70(73)71-50-69(57-28-16-10-17-29-57)77(51-76(71)85)86-66-48-64(81(5,6)7)47-65(49-66)83-53-84(75-37-21-20-36-74(75)83)79-67(59-38-41-63(42-39-59)80(2,3)4)34-23-35-68(79)62-33-22-32-60(45-62)55-24-12-8-13-25-55;/h8-48,50,52-53H,1-7H3;/q-3;/i1D3;. The molecule has 0 N–H and O–H groups in total. The minimum atomic E-state index is -2.45. The third-order valence-corrected chi connectivity index (χ3v) is 16.6. The molecular weight excluding hydrogens is 1240 g/mol. The number of aryl methyl sites for hydroxylation is 1. The van der Waals surface area contributed by atoms with Crippen LogP contribution in [0.1, 0.15) is 62.3 Å². The molecule has 0 radical (unpaired) electrons. The van der Waals surface area contributed by atoms with Crippen molar-refractivity contribution in [3.8, 4) is 84.1 Å². The Hall–Kier alpha value is -9.54. The summed E-state index contributed by atoms with van der Waals surface area (Å²) < 4.78 is 36.0. The van der Waals surface area contributed by atoms with Gasteiger partial charge in [0.25, 0.3) is 0 Å². The van der Waals surface area contributed by atoms with Gasteiger partial charge in [-0.2, -0.15) is 6.07 Å². The van der Waals surface area contributed by atoms with Crippen LogP contribution in [-0.2, 0) is 31.9 Å². The zero-order valence-corrected chi connectivity index (χ0v) is 51.7. The second-order valence-corrected chi connectivity index (χ2v) is 24.3. The van der Waals surface area contributed by atoms with Crippen LogP contribution < -0.4 is 14.5 Å². The van der Waals surface area contributed by atoms with E-state index in [9.17, 15) is 0 Å². The van der Waals surface area contributed by atoms with Crippen LogP contribution in [0, 0.1) is 25.7 Å². The molecule has 3 heterocycles. The SMILES string of the molecule is [2H]C([2H])([2H])c1cc(-n2c3[c-]c(Oc4[c-]c(N5[CH-]N(c6c(-c7ccc(C(C)(C)C)cc7)cccc6-c6cccc(-c7ccccc7)c6)c6ccccc65)cc(C(C)(C)C)c4)c(-c4ccccc4)cc3c3cc(-c4ccccc4)ccc32)ncc1-c1ccccc1.[Pt]. The van der Waals surface area contributed by atoms with E-state index in [4.69, 9.17) is 13.8 Å². The van der Waals surface area contributed by atoms with E-state index < -0.39 is 6.85 Å². The Bertz CT molecular complexity index is 4780. The molecule has 0 unspecified atom stereocenters. The van der Waals surface area contributed by atoms with Gasteiger partial charge in [-0.15, -0.1) is 47.6 Å². The Morgan fingerprint density at radius 3 is 1.60 bits per heavy atom. The summed E-state index contributed by atoms with van der Waals surface area (Å²) in [5.41, 5.74) is 19.5. The summed E-state index contributed by atoms with van der Waals surface area (Å²) in [4.78, 5) is 9.68. The molecule has 13 aromatic rings. The van der Waals surface area contributed by atoms with Crippen molar-refractivity contribution in [3.63, 3.8) is 0 Å². The van der Waals surface area contributed by atoms with Gasteiger partial charge >= 0.3 is 0 Å². The number of hydrogen-bond acceptors (Lipinski definition) is 4. The Morgan fingerprint density at radius 1 is 0.437 bits per heavy atom. The average molecular weight is 1310 g/mol. The molecule has 0 aliphatic carbocycles. The van der Waals surface area contributed by atoms with Crippen LogP contribution in [0.3, 0.4) is 0 Å². The maximum atomic E-state index is 8.86. The number of aromatic nitrogens is 2. The minimum Gasteiger partial charge on any atom is -0.509 e. The van der Waals surface area contributed by atoms with E-state index in [0.717, 1.165) is 106 Å². The molecule has 0 bridgehead atoms. The van der Waals surface area contributed by atoms with Gasteiger partial charge < -0.3 is 19.1 Å². The molecule has 6 heteroatoms. The Morgan fingerprint density at radius 2 is 0.966 bits per heavy atom. The van der Waals surface area contributed by atoms with Gasteiger partial charge in [0.15, 0.2) is 0 Å². The van der Waals surface area contributed by atoms with E-state index in [1.165, 1.54) is 5.56 Å². The second-order valence-electron chi connectivity index (χ2n) is 24.3. The molecule has 5 nitrogen and oxygen atoms in total.